The van der Waals surface area contributed by atoms with Crippen LogP contribution in [0.25, 0.3) is 0 Å². The highest BCUT2D eigenvalue weighted by Gasteiger charge is 2.25. The summed E-state index contributed by atoms with van der Waals surface area (Å²) in [6.07, 6.45) is 5.73. The molecular formula is C25H24FN5O5S. The maximum absolute atomic E-state index is 14.6. The number of aromatic nitrogens is 2. The van der Waals surface area contributed by atoms with Crippen molar-refractivity contribution >= 4 is 45.7 Å². The van der Waals surface area contributed by atoms with Gasteiger partial charge in [-0.05, 0) is 56.0 Å². The molecule has 1 aromatic carbocycles. The smallest absolute Gasteiger partial charge is 0.267 e. The molecule has 1 saturated carbocycles. The summed E-state index contributed by atoms with van der Waals surface area (Å²) in [6, 6.07) is 5.70. The summed E-state index contributed by atoms with van der Waals surface area (Å²) in [5.41, 5.74) is 0.443. The minimum Gasteiger partial charge on any atom is -0.489 e. The fourth-order valence-corrected chi connectivity index (χ4v) is 4.35. The van der Waals surface area contributed by atoms with Gasteiger partial charge in [-0.1, -0.05) is 11.3 Å². The highest BCUT2D eigenvalue weighted by atomic mass is 32.1. The molecule has 3 amide bonds. The number of nitrogens with zero attached hydrogens (tertiary/aromatic N) is 2. The number of aryl methyl sites for hydroxylation is 1. The quantitative estimate of drug-likeness (QED) is 0.405. The SMILES string of the molecule is Cc1cc(F)c(C(=O)Nc2ccc(OC3CC3)cn2)cc1NC(=O)c1cnc(NC(=O)C2CCOC2)s1. The van der Waals surface area contributed by atoms with E-state index in [9.17, 15) is 18.8 Å². The van der Waals surface area contributed by atoms with Gasteiger partial charge in [-0.15, -0.1) is 0 Å². The molecule has 3 aromatic rings. The van der Waals surface area contributed by atoms with Crippen molar-refractivity contribution in [2.24, 2.45) is 5.92 Å². The van der Waals surface area contributed by atoms with Crippen LogP contribution in [0, 0.1) is 18.7 Å². The number of hydrogen-bond donors (Lipinski definition) is 3. The molecule has 1 aliphatic heterocycles. The first-order chi connectivity index (χ1) is 17.9. The van der Waals surface area contributed by atoms with E-state index in [1.165, 1.54) is 24.5 Å². The molecule has 5 rings (SSSR count). The fourth-order valence-electron chi connectivity index (χ4n) is 3.64. The molecule has 12 heteroatoms. The van der Waals surface area contributed by atoms with Gasteiger partial charge in [-0.3, -0.25) is 14.4 Å². The van der Waals surface area contributed by atoms with Crippen molar-refractivity contribution in [3.05, 3.63) is 58.5 Å². The normalized spacial score (nSPS) is 16.8. The average Bonchev–Trinajstić information content (AvgIpc) is 3.31. The molecule has 10 nitrogen and oxygen atoms in total. The van der Waals surface area contributed by atoms with Gasteiger partial charge < -0.3 is 25.4 Å². The molecule has 0 radical (unpaired) electrons. The maximum atomic E-state index is 14.6. The van der Waals surface area contributed by atoms with E-state index in [1.54, 1.807) is 19.1 Å². The third-order valence-electron chi connectivity index (χ3n) is 5.87. The zero-order valence-corrected chi connectivity index (χ0v) is 20.7. The Balaban J connectivity index is 1.24. The summed E-state index contributed by atoms with van der Waals surface area (Å²) in [7, 11) is 0. The Morgan fingerprint density at radius 3 is 2.59 bits per heavy atom. The van der Waals surface area contributed by atoms with Gasteiger partial charge in [0.25, 0.3) is 11.8 Å². The lowest BCUT2D eigenvalue weighted by atomic mass is 10.1. The van der Waals surface area contributed by atoms with E-state index >= 15 is 0 Å². The molecule has 1 aliphatic carbocycles. The van der Waals surface area contributed by atoms with Gasteiger partial charge in [-0.2, -0.15) is 0 Å². The van der Waals surface area contributed by atoms with Crippen molar-refractivity contribution in [3.63, 3.8) is 0 Å². The number of ether oxygens (including phenoxy) is 2. The van der Waals surface area contributed by atoms with Gasteiger partial charge in [0.2, 0.25) is 5.91 Å². The number of nitrogens with one attached hydrogen (secondary N) is 3. The van der Waals surface area contributed by atoms with E-state index in [1.807, 2.05) is 0 Å². The summed E-state index contributed by atoms with van der Waals surface area (Å²) in [5, 5.41) is 8.23. The van der Waals surface area contributed by atoms with Crippen LogP contribution >= 0.6 is 11.3 Å². The molecule has 2 aliphatic rings. The van der Waals surface area contributed by atoms with Crippen LogP contribution in [0.2, 0.25) is 0 Å². The minimum absolute atomic E-state index is 0.205. The fraction of sp³-hybridized carbons (Fsp3) is 0.320. The van der Waals surface area contributed by atoms with Crippen LogP contribution in [0.3, 0.4) is 0 Å². The van der Waals surface area contributed by atoms with Gasteiger partial charge in [-0.25, -0.2) is 14.4 Å². The lowest BCUT2D eigenvalue weighted by Gasteiger charge is -2.12. The van der Waals surface area contributed by atoms with Crippen molar-refractivity contribution in [2.45, 2.75) is 32.3 Å². The second-order valence-electron chi connectivity index (χ2n) is 8.83. The maximum Gasteiger partial charge on any atom is 0.267 e. The molecule has 1 unspecified atom stereocenters. The summed E-state index contributed by atoms with van der Waals surface area (Å²) >= 11 is 1.01. The molecule has 2 aromatic heterocycles. The number of carbonyl (C=O) groups is 3. The first-order valence-corrected chi connectivity index (χ1v) is 12.6. The highest BCUT2D eigenvalue weighted by Crippen LogP contribution is 2.27. The standard InChI is InChI=1S/C25H24FN5O5S/c1-13-8-18(26)17(23(33)30-21-5-4-16(10-27-21)36-15-2-3-15)9-19(13)29-24(34)20-11-28-25(37-20)31-22(32)14-6-7-35-12-14/h4-5,8-11,14-15H,2-3,6-7,12H2,1H3,(H,29,34)(H,27,30,33)(H,28,31,32). The first-order valence-electron chi connectivity index (χ1n) is 11.8. The van der Waals surface area contributed by atoms with E-state index in [4.69, 9.17) is 9.47 Å². The summed E-state index contributed by atoms with van der Waals surface area (Å²) in [6.45, 7) is 2.52. The molecule has 37 heavy (non-hydrogen) atoms. The molecule has 2 fully saturated rings. The minimum atomic E-state index is -0.736. The second-order valence-corrected chi connectivity index (χ2v) is 9.86. The molecule has 3 heterocycles. The summed E-state index contributed by atoms with van der Waals surface area (Å²) in [4.78, 5) is 46.3. The zero-order chi connectivity index (χ0) is 25.9. The zero-order valence-electron chi connectivity index (χ0n) is 19.9. The molecule has 1 atom stereocenters. The Bertz CT molecular complexity index is 1340. The van der Waals surface area contributed by atoms with Gasteiger partial charge >= 0.3 is 0 Å². The average molecular weight is 526 g/mol. The number of pyridine rings is 1. The van der Waals surface area contributed by atoms with E-state index < -0.39 is 17.6 Å². The number of amides is 3. The van der Waals surface area contributed by atoms with Crippen LogP contribution in [0.4, 0.5) is 21.0 Å². The molecule has 192 valence electrons. The number of anilines is 3. The van der Waals surface area contributed by atoms with E-state index in [0.717, 1.165) is 24.2 Å². The number of thiazole rings is 1. The number of benzene rings is 1. The first kappa shape index (κ1) is 24.8. The molecule has 0 spiro atoms. The van der Waals surface area contributed by atoms with E-state index in [0.29, 0.717) is 36.1 Å². The van der Waals surface area contributed by atoms with Crippen LogP contribution in [0.5, 0.6) is 5.75 Å². The van der Waals surface area contributed by atoms with E-state index in [2.05, 4.69) is 25.9 Å². The van der Waals surface area contributed by atoms with Gasteiger partial charge in [0.1, 0.15) is 22.3 Å². The highest BCUT2D eigenvalue weighted by molar-refractivity contribution is 7.17. The number of rotatable bonds is 8. The Morgan fingerprint density at radius 2 is 1.89 bits per heavy atom. The largest absolute Gasteiger partial charge is 0.489 e. The van der Waals surface area contributed by atoms with Crippen molar-refractivity contribution in [1.29, 1.82) is 0 Å². The summed E-state index contributed by atoms with van der Waals surface area (Å²) < 4.78 is 25.5. The predicted molar refractivity (Wildman–Crippen MR) is 135 cm³/mol. The van der Waals surface area contributed by atoms with Crippen LogP contribution in [0.15, 0.2) is 36.7 Å². The molecule has 1 saturated heterocycles. The van der Waals surface area contributed by atoms with Gasteiger partial charge in [0.05, 0.1) is 36.6 Å². The second kappa shape index (κ2) is 10.6. The Morgan fingerprint density at radius 1 is 1.05 bits per heavy atom. The predicted octanol–water partition coefficient (Wildman–Crippen LogP) is 4.01. The monoisotopic (exact) mass is 525 g/mol. The topological polar surface area (TPSA) is 132 Å². The molecule has 3 N–H and O–H groups in total. The van der Waals surface area contributed by atoms with Crippen LogP contribution in [-0.4, -0.2) is 47.0 Å². The molecule has 0 bridgehead atoms. The third-order valence-corrected chi connectivity index (χ3v) is 6.78. The lowest BCUT2D eigenvalue weighted by molar-refractivity contribution is -0.119. The number of halogens is 1. The van der Waals surface area contributed by atoms with Crippen molar-refractivity contribution < 1.29 is 28.2 Å². The van der Waals surface area contributed by atoms with Crippen molar-refractivity contribution in [2.75, 3.05) is 29.2 Å². The molecular weight excluding hydrogens is 501 g/mol. The van der Waals surface area contributed by atoms with Gasteiger partial charge in [0, 0.05) is 12.3 Å². The lowest BCUT2D eigenvalue weighted by Crippen LogP contribution is -2.22. The van der Waals surface area contributed by atoms with Crippen LogP contribution in [0.1, 0.15) is 44.9 Å². The summed E-state index contributed by atoms with van der Waals surface area (Å²) in [5.74, 6) is -1.56. The van der Waals surface area contributed by atoms with Crippen LogP contribution < -0.4 is 20.7 Å². The number of carbonyl (C=O) groups excluding carboxylic acids is 3. The van der Waals surface area contributed by atoms with E-state index in [-0.39, 0.29) is 39.9 Å². The van der Waals surface area contributed by atoms with Crippen molar-refractivity contribution in [1.82, 2.24) is 9.97 Å². The Kier molecular flexibility index (Phi) is 7.10. The Labute approximate surface area is 215 Å². The third kappa shape index (κ3) is 6.09. The van der Waals surface area contributed by atoms with Gasteiger partial charge in [0.15, 0.2) is 5.13 Å². The van der Waals surface area contributed by atoms with Crippen molar-refractivity contribution in [3.8, 4) is 5.75 Å². The van der Waals surface area contributed by atoms with Crippen LogP contribution in [-0.2, 0) is 9.53 Å². The Hall–Kier alpha value is -3.90. The number of hydrogen-bond acceptors (Lipinski definition) is 8.